The van der Waals surface area contributed by atoms with Gasteiger partial charge in [0.15, 0.2) is 0 Å². The highest BCUT2D eigenvalue weighted by atomic mass is 35.5. The van der Waals surface area contributed by atoms with E-state index in [2.05, 4.69) is 18.1 Å². The van der Waals surface area contributed by atoms with Crippen molar-refractivity contribution in [3.05, 3.63) is 51.3 Å². The fourth-order valence-corrected chi connectivity index (χ4v) is 3.16. The minimum atomic E-state index is 0.309. The van der Waals surface area contributed by atoms with Crippen molar-refractivity contribution < 1.29 is 0 Å². The van der Waals surface area contributed by atoms with Gasteiger partial charge >= 0.3 is 0 Å². The van der Waals surface area contributed by atoms with E-state index in [-0.39, 0.29) is 0 Å². The molecule has 1 unspecified atom stereocenters. The number of aryl methyl sites for hydroxylation is 2. The Morgan fingerprint density at radius 1 is 1.24 bits per heavy atom. The molecule has 1 heterocycles. The van der Waals surface area contributed by atoms with Crippen LogP contribution in [0.5, 0.6) is 0 Å². The zero-order valence-electron chi connectivity index (χ0n) is 12.2. The number of nitrogens with zero attached hydrogens (tertiary/aromatic N) is 2. The predicted octanol–water partition coefficient (Wildman–Crippen LogP) is 5.16. The van der Waals surface area contributed by atoms with Crippen molar-refractivity contribution >= 4 is 34.8 Å². The first-order valence-electron chi connectivity index (χ1n) is 7.07. The van der Waals surface area contributed by atoms with Crippen LogP contribution in [0.15, 0.2) is 24.3 Å². The van der Waals surface area contributed by atoms with Gasteiger partial charge in [0, 0.05) is 17.4 Å². The average Bonchev–Trinajstić information content (AvgIpc) is 2.74. The van der Waals surface area contributed by atoms with Gasteiger partial charge in [-0.05, 0) is 50.3 Å². The molecule has 2 rings (SSSR count). The predicted molar refractivity (Wildman–Crippen MR) is 90.7 cm³/mol. The van der Waals surface area contributed by atoms with Gasteiger partial charge < -0.3 is 0 Å². The second-order valence-corrected chi connectivity index (χ2v) is 6.34. The van der Waals surface area contributed by atoms with Crippen LogP contribution in [0, 0.1) is 12.8 Å². The second kappa shape index (κ2) is 7.53. The minimum Gasteiger partial charge on any atom is -0.268 e. The highest BCUT2D eigenvalue weighted by molar-refractivity contribution is 6.32. The van der Waals surface area contributed by atoms with E-state index in [1.165, 1.54) is 5.56 Å². The first kappa shape index (κ1) is 16.7. The molecule has 0 amide bonds. The van der Waals surface area contributed by atoms with E-state index in [9.17, 15) is 0 Å². The molecule has 0 saturated carbocycles. The molecule has 0 fully saturated rings. The molecule has 0 aliphatic heterocycles. The van der Waals surface area contributed by atoms with Gasteiger partial charge in [0.25, 0.3) is 0 Å². The van der Waals surface area contributed by atoms with Gasteiger partial charge in [0.1, 0.15) is 0 Å². The Hall–Kier alpha value is -0.700. The maximum absolute atomic E-state index is 6.37. The largest absolute Gasteiger partial charge is 0.268 e. The summed E-state index contributed by atoms with van der Waals surface area (Å²) in [6, 6.07) is 7.92. The molecule has 0 N–H and O–H groups in total. The highest BCUT2D eigenvalue weighted by Gasteiger charge is 2.18. The third kappa shape index (κ3) is 4.15. The Balaban J connectivity index is 2.16. The Bertz CT molecular complexity index is 608. The van der Waals surface area contributed by atoms with Crippen LogP contribution >= 0.6 is 34.8 Å². The molecule has 114 valence electrons. The summed E-state index contributed by atoms with van der Waals surface area (Å²) < 4.78 is 1.97. The van der Waals surface area contributed by atoms with Gasteiger partial charge in [-0.3, -0.25) is 4.68 Å². The molecule has 5 heteroatoms. The number of hydrogen-bond donors (Lipinski definition) is 0. The molecule has 0 spiro atoms. The van der Waals surface area contributed by atoms with Gasteiger partial charge in [0.05, 0.1) is 16.4 Å². The van der Waals surface area contributed by atoms with E-state index in [0.717, 1.165) is 40.8 Å². The van der Waals surface area contributed by atoms with Crippen LogP contribution in [0.4, 0.5) is 0 Å². The van der Waals surface area contributed by atoms with Crippen molar-refractivity contribution in [3.8, 4) is 0 Å². The summed E-state index contributed by atoms with van der Waals surface area (Å²) in [5, 5.41) is 5.98. The van der Waals surface area contributed by atoms with Crippen LogP contribution in [0.1, 0.15) is 23.9 Å². The summed E-state index contributed by atoms with van der Waals surface area (Å²) >= 11 is 18.6. The van der Waals surface area contributed by atoms with Crippen molar-refractivity contribution in [2.24, 2.45) is 5.92 Å². The van der Waals surface area contributed by atoms with E-state index in [1.807, 2.05) is 29.8 Å². The molecule has 1 atom stereocenters. The normalized spacial score (nSPS) is 12.6. The van der Waals surface area contributed by atoms with E-state index < -0.39 is 0 Å². The summed E-state index contributed by atoms with van der Waals surface area (Å²) in [6.45, 7) is 4.82. The summed E-state index contributed by atoms with van der Waals surface area (Å²) in [5.74, 6) is 0.889. The lowest BCUT2D eigenvalue weighted by Gasteiger charge is -2.15. The maximum atomic E-state index is 6.37. The van der Waals surface area contributed by atoms with Crippen molar-refractivity contribution in [1.29, 1.82) is 0 Å². The maximum Gasteiger partial charge on any atom is 0.0847 e. The molecular weight excluding hydrogens is 327 g/mol. The zero-order chi connectivity index (χ0) is 15.4. The molecule has 0 aliphatic carbocycles. The fourth-order valence-electron chi connectivity index (χ4n) is 2.52. The van der Waals surface area contributed by atoms with Crippen molar-refractivity contribution in [1.82, 2.24) is 9.78 Å². The first-order valence-corrected chi connectivity index (χ1v) is 8.36. The molecule has 1 aromatic heterocycles. The lowest BCUT2D eigenvalue weighted by Crippen LogP contribution is -2.14. The highest BCUT2D eigenvalue weighted by Crippen LogP contribution is 2.25. The quantitative estimate of drug-likeness (QED) is 0.661. The van der Waals surface area contributed by atoms with Crippen molar-refractivity contribution in [2.45, 2.75) is 33.2 Å². The molecular formula is C16H19Cl3N2. The standard InChI is InChI=1S/C16H19Cl3N2/c1-3-21-15(16(19)11(2)20-21)9-13(10-17)7-12-5-4-6-14(18)8-12/h4-6,8,13H,3,7,9-10H2,1-2H3. The zero-order valence-corrected chi connectivity index (χ0v) is 14.5. The van der Waals surface area contributed by atoms with E-state index >= 15 is 0 Å². The monoisotopic (exact) mass is 344 g/mol. The third-order valence-electron chi connectivity index (χ3n) is 3.57. The number of rotatable bonds is 6. The third-order valence-corrected chi connectivity index (χ3v) is 4.73. The van der Waals surface area contributed by atoms with Gasteiger partial charge in [-0.15, -0.1) is 11.6 Å². The molecule has 1 aromatic carbocycles. The van der Waals surface area contributed by atoms with Gasteiger partial charge in [-0.1, -0.05) is 35.3 Å². The van der Waals surface area contributed by atoms with Crippen LogP contribution in [0.2, 0.25) is 10.0 Å². The lowest BCUT2D eigenvalue weighted by atomic mass is 9.96. The molecule has 0 saturated heterocycles. The Labute approximate surface area is 141 Å². The molecule has 2 nitrogen and oxygen atoms in total. The first-order chi connectivity index (χ1) is 10.0. The summed E-state index contributed by atoms with van der Waals surface area (Å²) in [5.41, 5.74) is 3.15. The van der Waals surface area contributed by atoms with Crippen LogP contribution in [0.3, 0.4) is 0 Å². The Morgan fingerprint density at radius 3 is 2.62 bits per heavy atom. The van der Waals surface area contributed by atoms with Crippen LogP contribution in [0.25, 0.3) is 0 Å². The summed E-state index contributed by atoms with van der Waals surface area (Å²) in [4.78, 5) is 0. The lowest BCUT2D eigenvalue weighted by molar-refractivity contribution is 0.532. The Kier molecular flexibility index (Phi) is 5.98. The fraction of sp³-hybridized carbons (Fsp3) is 0.438. The van der Waals surface area contributed by atoms with E-state index in [4.69, 9.17) is 34.8 Å². The number of aromatic nitrogens is 2. The molecule has 2 aromatic rings. The number of benzene rings is 1. The molecule has 0 aliphatic rings. The van der Waals surface area contributed by atoms with Gasteiger partial charge in [-0.2, -0.15) is 5.10 Å². The van der Waals surface area contributed by atoms with Crippen LogP contribution in [-0.2, 0) is 19.4 Å². The van der Waals surface area contributed by atoms with Crippen LogP contribution in [-0.4, -0.2) is 15.7 Å². The van der Waals surface area contributed by atoms with Gasteiger partial charge in [-0.25, -0.2) is 0 Å². The average molecular weight is 346 g/mol. The van der Waals surface area contributed by atoms with Gasteiger partial charge in [0.2, 0.25) is 0 Å². The molecule has 0 bridgehead atoms. The molecule has 21 heavy (non-hydrogen) atoms. The Morgan fingerprint density at radius 2 is 2.00 bits per heavy atom. The smallest absolute Gasteiger partial charge is 0.0847 e. The van der Waals surface area contributed by atoms with Crippen molar-refractivity contribution in [2.75, 3.05) is 5.88 Å². The second-order valence-electron chi connectivity index (χ2n) is 5.22. The number of halogens is 3. The van der Waals surface area contributed by atoms with E-state index in [1.54, 1.807) is 0 Å². The van der Waals surface area contributed by atoms with Crippen LogP contribution < -0.4 is 0 Å². The van der Waals surface area contributed by atoms with E-state index in [0.29, 0.717) is 11.8 Å². The summed E-state index contributed by atoms with van der Waals surface area (Å²) in [6.07, 6.45) is 1.71. The summed E-state index contributed by atoms with van der Waals surface area (Å²) in [7, 11) is 0. The SMILES string of the molecule is CCn1nc(C)c(Cl)c1CC(CCl)Cc1cccc(Cl)c1. The van der Waals surface area contributed by atoms with Crippen molar-refractivity contribution in [3.63, 3.8) is 0 Å². The topological polar surface area (TPSA) is 17.8 Å². The number of hydrogen-bond acceptors (Lipinski definition) is 1. The number of alkyl halides is 1. The molecule has 0 radical (unpaired) electrons. The minimum absolute atomic E-state index is 0.309.